The fourth-order valence-corrected chi connectivity index (χ4v) is 2.91. The number of carbonyl (C=O) groups is 3. The Hall–Kier alpha value is -2.77. The molecule has 166 valence electrons. The Morgan fingerprint density at radius 3 is 2.42 bits per heavy atom. The van der Waals surface area contributed by atoms with E-state index in [0.29, 0.717) is 16.3 Å². The summed E-state index contributed by atoms with van der Waals surface area (Å²) in [5.41, 5.74) is 0.898. The number of hydrogen-bond acceptors (Lipinski definition) is 4. The molecule has 0 bridgehead atoms. The molecule has 0 fully saturated rings. The molecule has 0 aliphatic heterocycles. The maximum Gasteiger partial charge on any atom is 0.407 e. The molecule has 0 unspecified atom stereocenters. The SMILES string of the molecule is CC(C)(C)OC(=O)NCCC(=O)NCc1ccccc1NC(=O)c1cc(Cl)ccc1Cl. The van der Waals surface area contributed by atoms with Gasteiger partial charge in [0.15, 0.2) is 0 Å². The number of ether oxygens (including phenoxy) is 1. The highest BCUT2D eigenvalue weighted by Gasteiger charge is 2.16. The lowest BCUT2D eigenvalue weighted by Gasteiger charge is -2.19. The predicted octanol–water partition coefficient (Wildman–Crippen LogP) is 4.78. The van der Waals surface area contributed by atoms with E-state index in [1.807, 2.05) is 0 Å². The number of amides is 3. The molecule has 7 nitrogen and oxygen atoms in total. The van der Waals surface area contributed by atoms with Gasteiger partial charge in [0.2, 0.25) is 5.91 Å². The van der Waals surface area contributed by atoms with E-state index in [2.05, 4.69) is 16.0 Å². The van der Waals surface area contributed by atoms with Crippen LogP contribution < -0.4 is 16.0 Å². The van der Waals surface area contributed by atoms with Crippen molar-refractivity contribution in [3.8, 4) is 0 Å². The summed E-state index contributed by atoms with van der Waals surface area (Å²) >= 11 is 12.0. The van der Waals surface area contributed by atoms with Crippen LogP contribution in [0.4, 0.5) is 10.5 Å². The highest BCUT2D eigenvalue weighted by Crippen LogP contribution is 2.23. The number of carbonyl (C=O) groups excluding carboxylic acids is 3. The Kier molecular flexibility index (Phi) is 8.71. The van der Waals surface area contributed by atoms with Crippen LogP contribution in [0.3, 0.4) is 0 Å². The van der Waals surface area contributed by atoms with Gasteiger partial charge >= 0.3 is 6.09 Å². The summed E-state index contributed by atoms with van der Waals surface area (Å²) < 4.78 is 5.11. The number of nitrogens with one attached hydrogen (secondary N) is 3. The van der Waals surface area contributed by atoms with E-state index in [0.717, 1.165) is 0 Å². The predicted molar refractivity (Wildman–Crippen MR) is 122 cm³/mol. The number of anilines is 1. The van der Waals surface area contributed by atoms with Crippen molar-refractivity contribution >= 4 is 46.8 Å². The lowest BCUT2D eigenvalue weighted by atomic mass is 10.1. The Morgan fingerprint density at radius 2 is 1.71 bits per heavy atom. The van der Waals surface area contributed by atoms with Crippen LogP contribution in [0.1, 0.15) is 43.1 Å². The van der Waals surface area contributed by atoms with Crippen molar-refractivity contribution in [1.82, 2.24) is 10.6 Å². The molecule has 2 aromatic rings. The molecule has 0 radical (unpaired) electrons. The van der Waals surface area contributed by atoms with E-state index in [4.69, 9.17) is 27.9 Å². The second-order valence-electron chi connectivity index (χ2n) is 7.69. The van der Waals surface area contributed by atoms with Crippen LogP contribution >= 0.6 is 23.2 Å². The van der Waals surface area contributed by atoms with Crippen LogP contribution in [0, 0.1) is 0 Å². The summed E-state index contributed by atoms with van der Waals surface area (Å²) in [5.74, 6) is -0.664. The van der Waals surface area contributed by atoms with E-state index in [1.165, 1.54) is 6.07 Å². The van der Waals surface area contributed by atoms with Crippen LogP contribution in [0.25, 0.3) is 0 Å². The summed E-state index contributed by atoms with van der Waals surface area (Å²) in [6, 6.07) is 11.7. The molecule has 9 heteroatoms. The third kappa shape index (κ3) is 8.47. The highest BCUT2D eigenvalue weighted by atomic mass is 35.5. The van der Waals surface area contributed by atoms with Gasteiger partial charge in [0, 0.05) is 30.2 Å². The van der Waals surface area contributed by atoms with Crippen molar-refractivity contribution in [1.29, 1.82) is 0 Å². The van der Waals surface area contributed by atoms with Crippen molar-refractivity contribution < 1.29 is 19.1 Å². The molecular formula is C22H25Cl2N3O4. The quantitative estimate of drug-likeness (QED) is 0.548. The number of halogens is 2. The van der Waals surface area contributed by atoms with Gasteiger partial charge in [-0.15, -0.1) is 0 Å². The van der Waals surface area contributed by atoms with Gasteiger partial charge in [-0.3, -0.25) is 9.59 Å². The highest BCUT2D eigenvalue weighted by molar-refractivity contribution is 6.36. The smallest absolute Gasteiger partial charge is 0.407 e. The minimum Gasteiger partial charge on any atom is -0.444 e. The van der Waals surface area contributed by atoms with Gasteiger partial charge < -0.3 is 20.7 Å². The van der Waals surface area contributed by atoms with Gasteiger partial charge in [0.05, 0.1) is 10.6 Å². The third-order valence-corrected chi connectivity index (χ3v) is 4.50. The summed E-state index contributed by atoms with van der Waals surface area (Å²) in [5, 5.41) is 8.77. The van der Waals surface area contributed by atoms with Crippen molar-refractivity contribution in [3.63, 3.8) is 0 Å². The molecule has 0 aliphatic rings. The van der Waals surface area contributed by atoms with E-state index < -0.39 is 17.6 Å². The Labute approximate surface area is 191 Å². The standard InChI is InChI=1S/C22H25Cl2N3O4/c1-22(2,3)31-21(30)25-11-10-19(28)26-13-14-6-4-5-7-18(14)27-20(29)16-12-15(23)8-9-17(16)24/h4-9,12H,10-11,13H2,1-3H3,(H,25,30)(H,26,28)(H,27,29). The average Bonchev–Trinajstić information content (AvgIpc) is 2.67. The van der Waals surface area contributed by atoms with Crippen LogP contribution in [0.2, 0.25) is 10.0 Å². The molecule has 2 aromatic carbocycles. The topological polar surface area (TPSA) is 96.5 Å². The second-order valence-corrected chi connectivity index (χ2v) is 8.53. The summed E-state index contributed by atoms with van der Waals surface area (Å²) in [7, 11) is 0. The molecule has 0 aromatic heterocycles. The molecule has 0 aliphatic carbocycles. The van der Waals surface area contributed by atoms with E-state index in [9.17, 15) is 14.4 Å². The first-order valence-electron chi connectivity index (χ1n) is 9.63. The number of para-hydroxylation sites is 1. The number of alkyl carbamates (subject to hydrolysis) is 1. The summed E-state index contributed by atoms with van der Waals surface area (Å²) in [6.07, 6.45) is -0.487. The van der Waals surface area contributed by atoms with Gasteiger partial charge in [-0.2, -0.15) is 0 Å². The number of hydrogen-bond donors (Lipinski definition) is 3. The van der Waals surface area contributed by atoms with Crippen LogP contribution in [-0.4, -0.2) is 30.1 Å². The largest absolute Gasteiger partial charge is 0.444 e. The molecule has 2 rings (SSSR count). The average molecular weight is 466 g/mol. The zero-order chi connectivity index (χ0) is 23.0. The molecule has 31 heavy (non-hydrogen) atoms. The van der Waals surface area contributed by atoms with Gasteiger partial charge in [0.25, 0.3) is 5.91 Å². The first-order valence-corrected chi connectivity index (χ1v) is 10.4. The lowest BCUT2D eigenvalue weighted by molar-refractivity contribution is -0.121. The zero-order valence-electron chi connectivity index (χ0n) is 17.6. The van der Waals surface area contributed by atoms with Crippen molar-refractivity contribution in [2.24, 2.45) is 0 Å². The Morgan fingerprint density at radius 1 is 1.00 bits per heavy atom. The minimum absolute atomic E-state index is 0.0892. The van der Waals surface area contributed by atoms with E-state index in [1.54, 1.807) is 57.2 Å². The van der Waals surface area contributed by atoms with Gasteiger partial charge in [0.1, 0.15) is 5.60 Å². The minimum atomic E-state index is -0.601. The number of rotatable bonds is 7. The Balaban J connectivity index is 1.89. The van der Waals surface area contributed by atoms with Crippen molar-refractivity contribution in [2.75, 3.05) is 11.9 Å². The van der Waals surface area contributed by atoms with Crippen LogP contribution in [-0.2, 0) is 16.1 Å². The first kappa shape index (κ1) is 24.5. The fourth-order valence-electron chi connectivity index (χ4n) is 2.53. The van der Waals surface area contributed by atoms with Gasteiger partial charge in [-0.25, -0.2) is 4.79 Å². The molecule has 0 saturated heterocycles. The lowest BCUT2D eigenvalue weighted by Crippen LogP contribution is -2.35. The molecule has 0 heterocycles. The normalized spacial score (nSPS) is 10.9. The van der Waals surface area contributed by atoms with E-state index in [-0.39, 0.29) is 36.0 Å². The van der Waals surface area contributed by atoms with Gasteiger partial charge in [-0.1, -0.05) is 41.4 Å². The molecule has 3 amide bonds. The molecular weight excluding hydrogens is 441 g/mol. The second kappa shape index (κ2) is 11.0. The van der Waals surface area contributed by atoms with Gasteiger partial charge in [-0.05, 0) is 50.6 Å². The molecule has 0 atom stereocenters. The summed E-state index contributed by atoms with van der Waals surface area (Å²) in [4.78, 5) is 36.3. The molecule has 0 spiro atoms. The maximum absolute atomic E-state index is 12.6. The molecule has 0 saturated carbocycles. The van der Waals surface area contributed by atoms with Crippen molar-refractivity contribution in [3.05, 3.63) is 63.6 Å². The van der Waals surface area contributed by atoms with Crippen molar-refractivity contribution in [2.45, 2.75) is 39.3 Å². The fraction of sp³-hybridized carbons (Fsp3) is 0.318. The summed E-state index contributed by atoms with van der Waals surface area (Å²) in [6.45, 7) is 5.62. The first-order chi connectivity index (χ1) is 14.5. The number of benzene rings is 2. The van der Waals surface area contributed by atoms with Crippen LogP contribution in [0.5, 0.6) is 0 Å². The molecule has 3 N–H and O–H groups in total. The van der Waals surface area contributed by atoms with E-state index >= 15 is 0 Å². The third-order valence-electron chi connectivity index (χ3n) is 3.93. The van der Waals surface area contributed by atoms with Crippen LogP contribution in [0.15, 0.2) is 42.5 Å². The Bertz CT molecular complexity index is 958. The monoisotopic (exact) mass is 465 g/mol. The maximum atomic E-state index is 12.6. The zero-order valence-corrected chi connectivity index (χ0v) is 19.1.